The van der Waals surface area contributed by atoms with Crippen LogP contribution >= 0.6 is 0 Å². The Morgan fingerprint density at radius 1 is 1.44 bits per heavy atom. The fourth-order valence-corrected chi connectivity index (χ4v) is 2.04. The number of carbonyl (C=O) groups is 1. The molecule has 1 aromatic heterocycles. The van der Waals surface area contributed by atoms with Crippen molar-refractivity contribution in [2.75, 3.05) is 0 Å². The summed E-state index contributed by atoms with van der Waals surface area (Å²) in [6.07, 6.45) is 5.24. The molecule has 0 saturated carbocycles. The number of pyridine rings is 1. The molecule has 0 aliphatic heterocycles. The lowest BCUT2D eigenvalue weighted by Gasteiger charge is -2.10. The van der Waals surface area contributed by atoms with Gasteiger partial charge >= 0.3 is 5.97 Å². The Labute approximate surface area is 103 Å². The van der Waals surface area contributed by atoms with E-state index >= 15 is 0 Å². The fourth-order valence-electron chi connectivity index (χ4n) is 2.04. The highest BCUT2D eigenvalue weighted by Crippen LogP contribution is 2.19. The number of fused-ring (bicyclic) bond motifs is 1. The van der Waals surface area contributed by atoms with Crippen LogP contribution in [0.4, 0.5) is 0 Å². The van der Waals surface area contributed by atoms with Gasteiger partial charge in [0.25, 0.3) is 5.56 Å². The van der Waals surface area contributed by atoms with Crippen LogP contribution in [0.15, 0.2) is 29.1 Å². The normalized spacial score (nSPS) is 10.2. The molecule has 4 heteroatoms. The van der Waals surface area contributed by atoms with Crippen LogP contribution in [0.3, 0.4) is 0 Å². The highest BCUT2D eigenvalue weighted by Gasteiger charge is 2.10. The van der Waals surface area contributed by atoms with Crippen LogP contribution in [-0.2, 0) is 6.54 Å². The maximum Gasteiger partial charge on any atom is 0.335 e. The summed E-state index contributed by atoms with van der Waals surface area (Å²) >= 11 is 0. The van der Waals surface area contributed by atoms with Gasteiger partial charge in [0.2, 0.25) is 0 Å². The topological polar surface area (TPSA) is 59.3 Å². The molecule has 0 fully saturated rings. The summed E-state index contributed by atoms with van der Waals surface area (Å²) in [4.78, 5) is 22.7. The summed E-state index contributed by atoms with van der Waals surface area (Å²) in [5, 5.41) is 9.69. The Kier molecular flexibility index (Phi) is 2.90. The van der Waals surface area contributed by atoms with Gasteiger partial charge in [0.05, 0.1) is 17.6 Å². The van der Waals surface area contributed by atoms with Crippen LogP contribution in [0, 0.1) is 19.3 Å². The van der Waals surface area contributed by atoms with Gasteiger partial charge in [-0.15, -0.1) is 6.42 Å². The Hall–Kier alpha value is -2.54. The molecule has 1 heterocycles. The summed E-state index contributed by atoms with van der Waals surface area (Å²) in [6, 6.07) is 6.09. The number of hydrogen-bond donors (Lipinski definition) is 1. The number of hydrogen-bond acceptors (Lipinski definition) is 2. The molecule has 90 valence electrons. The lowest BCUT2D eigenvalue weighted by molar-refractivity contribution is 0.0697. The maximum absolute atomic E-state index is 11.7. The molecule has 0 spiro atoms. The lowest BCUT2D eigenvalue weighted by atomic mass is 10.1. The molecule has 2 aromatic rings. The first kappa shape index (κ1) is 11.9. The first-order valence-electron chi connectivity index (χ1n) is 5.35. The van der Waals surface area contributed by atoms with Crippen molar-refractivity contribution in [2.24, 2.45) is 0 Å². The number of terminal acetylenes is 1. The Morgan fingerprint density at radius 3 is 2.78 bits per heavy atom. The van der Waals surface area contributed by atoms with Gasteiger partial charge in [-0.1, -0.05) is 5.92 Å². The quantitative estimate of drug-likeness (QED) is 0.813. The van der Waals surface area contributed by atoms with Crippen molar-refractivity contribution in [2.45, 2.75) is 13.5 Å². The maximum atomic E-state index is 11.7. The average Bonchev–Trinajstić information content (AvgIpc) is 2.32. The van der Waals surface area contributed by atoms with Crippen LogP contribution in [0.2, 0.25) is 0 Å². The molecule has 0 atom stereocenters. The molecular weight excluding hydrogens is 230 g/mol. The van der Waals surface area contributed by atoms with Crippen molar-refractivity contribution in [1.29, 1.82) is 0 Å². The third kappa shape index (κ3) is 1.87. The lowest BCUT2D eigenvalue weighted by Crippen LogP contribution is -2.19. The van der Waals surface area contributed by atoms with Crippen molar-refractivity contribution in [3.8, 4) is 12.3 Å². The SMILES string of the molecule is C#CCn1c(=O)ccc2cc(C(=O)O)cc(C)c21. The largest absolute Gasteiger partial charge is 0.478 e. The van der Waals surface area contributed by atoms with E-state index in [4.69, 9.17) is 11.5 Å². The van der Waals surface area contributed by atoms with Crippen LogP contribution in [0.5, 0.6) is 0 Å². The van der Waals surface area contributed by atoms with E-state index < -0.39 is 5.97 Å². The van der Waals surface area contributed by atoms with E-state index in [0.29, 0.717) is 10.9 Å². The first-order chi connectivity index (χ1) is 8.54. The van der Waals surface area contributed by atoms with E-state index in [1.807, 2.05) is 0 Å². The second-order valence-corrected chi connectivity index (χ2v) is 4.00. The van der Waals surface area contributed by atoms with Crippen molar-refractivity contribution >= 4 is 16.9 Å². The van der Waals surface area contributed by atoms with E-state index in [1.165, 1.54) is 22.8 Å². The van der Waals surface area contributed by atoms with E-state index in [2.05, 4.69) is 5.92 Å². The van der Waals surface area contributed by atoms with Crippen LogP contribution < -0.4 is 5.56 Å². The molecule has 0 aliphatic rings. The summed E-state index contributed by atoms with van der Waals surface area (Å²) in [5.41, 5.74) is 1.42. The number of benzene rings is 1. The molecule has 1 aromatic carbocycles. The summed E-state index contributed by atoms with van der Waals surface area (Å²) in [7, 11) is 0. The molecule has 2 rings (SSSR count). The number of rotatable bonds is 2. The molecule has 4 nitrogen and oxygen atoms in total. The van der Waals surface area contributed by atoms with Gasteiger partial charge in [-0.25, -0.2) is 4.79 Å². The van der Waals surface area contributed by atoms with Gasteiger partial charge in [0.15, 0.2) is 0 Å². The van der Waals surface area contributed by atoms with Crippen molar-refractivity contribution in [3.05, 3.63) is 45.7 Å². The van der Waals surface area contributed by atoms with Gasteiger partial charge < -0.3 is 5.11 Å². The van der Waals surface area contributed by atoms with Crippen molar-refractivity contribution < 1.29 is 9.90 Å². The summed E-state index contributed by atoms with van der Waals surface area (Å²) < 4.78 is 1.47. The zero-order chi connectivity index (χ0) is 13.3. The van der Waals surface area contributed by atoms with Gasteiger partial charge in [-0.3, -0.25) is 9.36 Å². The van der Waals surface area contributed by atoms with E-state index in [-0.39, 0.29) is 17.7 Å². The molecule has 0 amide bonds. The number of aromatic carboxylic acids is 1. The smallest absolute Gasteiger partial charge is 0.335 e. The molecular formula is C14H11NO3. The van der Waals surface area contributed by atoms with Crippen molar-refractivity contribution in [1.82, 2.24) is 4.57 Å². The molecule has 0 unspecified atom stereocenters. The second kappa shape index (κ2) is 4.38. The Morgan fingerprint density at radius 2 is 2.17 bits per heavy atom. The summed E-state index contributed by atoms with van der Waals surface area (Å²) in [5.74, 6) is 1.44. The van der Waals surface area contributed by atoms with Crippen LogP contribution in [0.25, 0.3) is 10.9 Å². The van der Waals surface area contributed by atoms with E-state index in [0.717, 1.165) is 5.56 Å². The van der Waals surface area contributed by atoms with Gasteiger partial charge in [0, 0.05) is 6.07 Å². The van der Waals surface area contributed by atoms with Gasteiger partial charge in [-0.05, 0) is 36.1 Å². The highest BCUT2D eigenvalue weighted by molar-refractivity contribution is 5.94. The molecule has 0 radical (unpaired) electrons. The number of nitrogens with zero attached hydrogens (tertiary/aromatic N) is 1. The molecule has 0 saturated heterocycles. The predicted octanol–water partition coefficient (Wildman–Crippen LogP) is 1.64. The number of aryl methyl sites for hydroxylation is 1. The second-order valence-electron chi connectivity index (χ2n) is 4.00. The number of carboxylic acids is 1. The van der Waals surface area contributed by atoms with E-state index in [9.17, 15) is 9.59 Å². The third-order valence-electron chi connectivity index (χ3n) is 2.77. The van der Waals surface area contributed by atoms with Gasteiger partial charge in [0.1, 0.15) is 0 Å². The Balaban J connectivity index is 2.88. The zero-order valence-corrected chi connectivity index (χ0v) is 9.80. The van der Waals surface area contributed by atoms with E-state index in [1.54, 1.807) is 13.0 Å². The zero-order valence-electron chi connectivity index (χ0n) is 9.80. The molecule has 0 aliphatic carbocycles. The van der Waals surface area contributed by atoms with Crippen LogP contribution in [0.1, 0.15) is 15.9 Å². The highest BCUT2D eigenvalue weighted by atomic mass is 16.4. The minimum absolute atomic E-state index is 0.170. The molecule has 0 bridgehead atoms. The average molecular weight is 241 g/mol. The minimum atomic E-state index is -0.991. The monoisotopic (exact) mass is 241 g/mol. The minimum Gasteiger partial charge on any atom is -0.478 e. The predicted molar refractivity (Wildman–Crippen MR) is 68.7 cm³/mol. The standard InChI is InChI=1S/C14H11NO3/c1-3-6-15-12(16)5-4-10-8-11(14(17)18)7-9(2)13(10)15/h1,4-5,7-8H,6H2,2H3,(H,17,18). The molecule has 1 N–H and O–H groups in total. The van der Waals surface area contributed by atoms with Crippen molar-refractivity contribution in [3.63, 3.8) is 0 Å². The third-order valence-corrected chi connectivity index (χ3v) is 2.77. The van der Waals surface area contributed by atoms with Gasteiger partial charge in [-0.2, -0.15) is 0 Å². The Bertz CT molecular complexity index is 735. The fraction of sp³-hybridized carbons (Fsp3) is 0.143. The number of aromatic nitrogens is 1. The number of carboxylic acid groups (broad SMARTS) is 1. The first-order valence-corrected chi connectivity index (χ1v) is 5.35. The summed E-state index contributed by atoms with van der Waals surface area (Å²) in [6.45, 7) is 1.94. The molecule has 18 heavy (non-hydrogen) atoms. The van der Waals surface area contributed by atoms with Crippen LogP contribution in [-0.4, -0.2) is 15.6 Å².